The van der Waals surface area contributed by atoms with E-state index in [4.69, 9.17) is 21.1 Å². The number of para-hydroxylation sites is 1. The van der Waals surface area contributed by atoms with Gasteiger partial charge in [0.05, 0.1) is 29.2 Å². The number of imide groups is 1. The van der Waals surface area contributed by atoms with E-state index in [2.05, 4.69) is 4.98 Å². The molecule has 3 fully saturated rings. The van der Waals surface area contributed by atoms with Gasteiger partial charge in [-0.05, 0) is 61.4 Å². The lowest BCUT2D eigenvalue weighted by atomic mass is 9.68. The van der Waals surface area contributed by atoms with Crippen LogP contribution in [0.1, 0.15) is 29.7 Å². The van der Waals surface area contributed by atoms with E-state index in [1.807, 2.05) is 24.3 Å². The molecule has 40 heavy (non-hydrogen) atoms. The lowest BCUT2D eigenvalue weighted by Crippen LogP contribution is -2.42. The van der Waals surface area contributed by atoms with Gasteiger partial charge in [0, 0.05) is 26.6 Å². The number of halogens is 1. The summed E-state index contributed by atoms with van der Waals surface area (Å²) in [6.45, 7) is 1.72. The zero-order valence-electron chi connectivity index (χ0n) is 21.4. The second-order valence-corrected chi connectivity index (χ2v) is 13.2. The molecule has 3 heterocycles. The normalized spacial score (nSPS) is 29.8. The van der Waals surface area contributed by atoms with Crippen molar-refractivity contribution in [2.45, 2.75) is 29.5 Å². The van der Waals surface area contributed by atoms with Crippen molar-refractivity contribution in [3.63, 3.8) is 0 Å². The number of carbonyl (C=O) groups is 3. The monoisotopic (exact) mass is 596 g/mol. The number of nitrogens with one attached hydrogen (secondary N) is 1. The minimum atomic E-state index is -0.480. The van der Waals surface area contributed by atoms with E-state index in [9.17, 15) is 19.2 Å². The van der Waals surface area contributed by atoms with Gasteiger partial charge in [0.25, 0.3) is 0 Å². The van der Waals surface area contributed by atoms with Gasteiger partial charge in [-0.25, -0.2) is 4.79 Å². The summed E-state index contributed by atoms with van der Waals surface area (Å²) in [5, 5.41) is 1.32. The van der Waals surface area contributed by atoms with Gasteiger partial charge in [0.1, 0.15) is 5.75 Å². The second kappa shape index (κ2) is 9.78. The number of esters is 1. The zero-order chi connectivity index (χ0) is 27.7. The molecule has 7 atom stereocenters. The third-order valence-electron chi connectivity index (χ3n) is 8.70. The Labute approximate surface area is 243 Å². The number of rotatable bonds is 6. The molecule has 2 aliphatic carbocycles. The van der Waals surface area contributed by atoms with Crippen LogP contribution < -0.4 is 14.5 Å². The van der Waals surface area contributed by atoms with Crippen LogP contribution in [0, 0.1) is 29.6 Å². The first-order valence-electron chi connectivity index (χ1n) is 13.3. The molecule has 0 radical (unpaired) electrons. The van der Waals surface area contributed by atoms with Crippen LogP contribution in [0.3, 0.4) is 0 Å². The fraction of sp³-hybridized carbons (Fsp3) is 0.379. The molecular formula is C29H25ClN2O6S2. The van der Waals surface area contributed by atoms with Crippen LogP contribution in [0.2, 0.25) is 5.02 Å². The van der Waals surface area contributed by atoms with E-state index in [1.54, 1.807) is 43.0 Å². The third-order valence-corrected chi connectivity index (χ3v) is 11.5. The molecule has 2 aromatic carbocycles. The number of H-pyrrole nitrogens is 1. The molecule has 4 unspecified atom stereocenters. The van der Waals surface area contributed by atoms with Crippen molar-refractivity contribution < 1.29 is 23.9 Å². The van der Waals surface area contributed by atoms with E-state index in [-0.39, 0.29) is 64.7 Å². The summed E-state index contributed by atoms with van der Waals surface area (Å²) in [5.74, 6) is -1.42. The molecular weight excluding hydrogens is 572 g/mol. The number of hydrogen-bond acceptors (Lipinski definition) is 8. The average molecular weight is 597 g/mol. The summed E-state index contributed by atoms with van der Waals surface area (Å²) in [4.78, 5) is 57.4. The van der Waals surface area contributed by atoms with Crippen LogP contribution in [-0.4, -0.2) is 41.2 Å². The summed E-state index contributed by atoms with van der Waals surface area (Å²) >= 11 is 9.27. The number of benzene rings is 2. The Kier molecular flexibility index (Phi) is 6.32. The lowest BCUT2D eigenvalue weighted by molar-refractivity contribution is -0.145. The average Bonchev–Trinajstić information content (AvgIpc) is 3.67. The number of carbonyl (C=O) groups excluding carboxylic acids is 3. The largest absolute Gasteiger partial charge is 0.482 e. The molecule has 2 aliphatic heterocycles. The topological polar surface area (TPSA) is 106 Å². The fourth-order valence-electron chi connectivity index (χ4n) is 7.43. The Morgan fingerprint density at radius 3 is 2.58 bits per heavy atom. The van der Waals surface area contributed by atoms with Crippen LogP contribution >= 0.6 is 34.7 Å². The third kappa shape index (κ3) is 3.87. The number of thiazole rings is 1. The smallest absolute Gasteiger partial charge is 0.344 e. The molecule has 1 saturated heterocycles. The van der Waals surface area contributed by atoms with Crippen molar-refractivity contribution in [1.82, 2.24) is 4.98 Å². The molecule has 2 saturated carbocycles. The predicted octanol–water partition coefficient (Wildman–Crippen LogP) is 4.71. The molecule has 3 aromatic rings. The van der Waals surface area contributed by atoms with Crippen molar-refractivity contribution in [3.8, 4) is 5.75 Å². The lowest BCUT2D eigenvalue weighted by Gasteiger charge is -2.43. The first-order chi connectivity index (χ1) is 19.4. The summed E-state index contributed by atoms with van der Waals surface area (Å²) in [7, 11) is 0. The van der Waals surface area contributed by atoms with E-state index in [0.717, 1.165) is 33.2 Å². The van der Waals surface area contributed by atoms with Crippen molar-refractivity contribution in [2.24, 2.45) is 29.6 Å². The quantitative estimate of drug-likeness (QED) is 0.324. The van der Waals surface area contributed by atoms with Crippen LogP contribution in [0.25, 0.3) is 0 Å². The number of hydrogen-bond donors (Lipinski definition) is 1. The number of anilines is 1. The number of thioether (sulfide) groups is 1. The molecule has 0 spiro atoms. The molecule has 2 bridgehead atoms. The SMILES string of the molecule is CCOC(=O)COc1ccc(Cl)cc1[C@H]1c2sc(=O)[nH]c2SC2C1[C@H]1C[C@@H]2C2C(=O)N(c3ccccc3)C(=O)C21. The fourth-order valence-corrected chi connectivity index (χ4v) is 10.5. The van der Waals surface area contributed by atoms with Crippen LogP contribution in [0.15, 0.2) is 58.4 Å². The van der Waals surface area contributed by atoms with Gasteiger partial charge in [-0.2, -0.15) is 0 Å². The van der Waals surface area contributed by atoms with Crippen molar-refractivity contribution in [2.75, 3.05) is 18.1 Å². The Morgan fingerprint density at radius 2 is 1.82 bits per heavy atom. The number of aromatic amines is 1. The number of aromatic nitrogens is 1. The van der Waals surface area contributed by atoms with Gasteiger partial charge in [-0.1, -0.05) is 41.1 Å². The first kappa shape index (κ1) is 25.9. The summed E-state index contributed by atoms with van der Waals surface area (Å²) in [6, 6.07) is 14.4. The zero-order valence-corrected chi connectivity index (χ0v) is 23.8. The maximum atomic E-state index is 13.9. The molecule has 4 aliphatic rings. The molecule has 2 amide bonds. The van der Waals surface area contributed by atoms with E-state index < -0.39 is 11.9 Å². The highest BCUT2D eigenvalue weighted by Crippen LogP contribution is 2.69. The Balaban J connectivity index is 1.31. The first-order valence-corrected chi connectivity index (χ1v) is 15.3. The van der Waals surface area contributed by atoms with Crippen LogP contribution in [0.5, 0.6) is 5.75 Å². The number of ether oxygens (including phenoxy) is 2. The highest BCUT2D eigenvalue weighted by atomic mass is 35.5. The summed E-state index contributed by atoms with van der Waals surface area (Å²) in [6.07, 6.45) is 0.771. The van der Waals surface area contributed by atoms with Crippen molar-refractivity contribution >= 4 is 58.2 Å². The van der Waals surface area contributed by atoms with Crippen LogP contribution in [-0.2, 0) is 19.1 Å². The predicted molar refractivity (Wildman–Crippen MR) is 151 cm³/mol. The van der Waals surface area contributed by atoms with Crippen molar-refractivity contribution in [1.29, 1.82) is 0 Å². The number of fused-ring (bicyclic) bond motifs is 9. The van der Waals surface area contributed by atoms with Gasteiger partial charge in [-0.3, -0.25) is 19.3 Å². The maximum Gasteiger partial charge on any atom is 0.344 e. The van der Waals surface area contributed by atoms with Crippen molar-refractivity contribution in [3.05, 3.63) is 73.7 Å². The van der Waals surface area contributed by atoms with Gasteiger partial charge in [-0.15, -0.1) is 11.8 Å². The van der Waals surface area contributed by atoms with E-state index >= 15 is 0 Å². The van der Waals surface area contributed by atoms with Gasteiger partial charge in [0.2, 0.25) is 11.8 Å². The molecule has 1 aromatic heterocycles. The molecule has 7 rings (SSSR count). The summed E-state index contributed by atoms with van der Waals surface area (Å²) < 4.78 is 11.0. The van der Waals surface area contributed by atoms with Gasteiger partial charge in [0.15, 0.2) is 6.61 Å². The minimum absolute atomic E-state index is 0.00250. The molecule has 206 valence electrons. The molecule has 8 nitrogen and oxygen atoms in total. The Morgan fingerprint density at radius 1 is 1.07 bits per heavy atom. The van der Waals surface area contributed by atoms with E-state index in [1.165, 1.54) is 4.90 Å². The molecule has 11 heteroatoms. The van der Waals surface area contributed by atoms with E-state index in [0.29, 0.717) is 16.5 Å². The van der Waals surface area contributed by atoms with Gasteiger partial charge >= 0.3 is 10.8 Å². The van der Waals surface area contributed by atoms with Gasteiger partial charge < -0.3 is 14.5 Å². The maximum absolute atomic E-state index is 13.9. The summed E-state index contributed by atoms with van der Waals surface area (Å²) in [5.41, 5.74) is 1.37. The number of amides is 2. The standard InChI is InChI=1S/C29H25ClN2O6S2/c1-2-37-19(33)12-38-18-9-8-13(30)10-15(18)20-21-16-11-17(24(21)39-26-25(20)40-29(36)31-26)23-22(16)27(34)32(28(23)35)14-6-4-3-5-7-14/h3-10,16-17,20-24H,2,11-12H2,1H3,(H,31,36)/t16-,17-,20-,21?,22?,23?,24?/m1/s1. The number of nitrogens with zero attached hydrogens (tertiary/aromatic N) is 1. The highest BCUT2D eigenvalue weighted by molar-refractivity contribution is 8.00. The Hall–Kier alpha value is -3.08. The Bertz CT molecular complexity index is 1590. The molecule has 1 N–H and O–H groups in total. The second-order valence-electron chi connectivity index (χ2n) is 10.6. The van der Waals surface area contributed by atoms with Crippen LogP contribution in [0.4, 0.5) is 5.69 Å². The highest BCUT2D eigenvalue weighted by Gasteiger charge is 2.69. The minimum Gasteiger partial charge on any atom is -0.482 e.